The second-order valence-corrected chi connectivity index (χ2v) is 6.05. The van der Waals surface area contributed by atoms with Gasteiger partial charge in [0.25, 0.3) is 0 Å². The molecule has 2 unspecified atom stereocenters. The number of aliphatic hydroxyl groups is 1. The molecule has 0 bridgehead atoms. The van der Waals surface area contributed by atoms with E-state index >= 15 is 0 Å². The Hall–Kier alpha value is -1.01. The van der Waals surface area contributed by atoms with Gasteiger partial charge in [-0.05, 0) is 32.1 Å². The van der Waals surface area contributed by atoms with Crippen molar-refractivity contribution in [2.45, 2.75) is 63.4 Å². The van der Waals surface area contributed by atoms with Gasteiger partial charge in [0, 0.05) is 31.8 Å². The van der Waals surface area contributed by atoms with E-state index < -0.39 is 5.60 Å². The van der Waals surface area contributed by atoms with E-state index in [4.69, 9.17) is 6.42 Å². The van der Waals surface area contributed by atoms with E-state index in [1.54, 1.807) is 0 Å². The first-order valence-corrected chi connectivity index (χ1v) is 7.59. The zero-order valence-corrected chi connectivity index (χ0v) is 11.7. The highest BCUT2D eigenvalue weighted by molar-refractivity contribution is 5.76. The third-order valence-corrected chi connectivity index (χ3v) is 4.74. The first-order valence-electron chi connectivity index (χ1n) is 7.59. The maximum atomic E-state index is 12.1. The standard InChI is InChI=1S/C16H25NO2/c1-2-3-4-5-9-15(18)17-12-11-16(19)10-7-6-8-14(16)13-17/h1,14,19H,3-13H2. The maximum absolute atomic E-state index is 12.1. The van der Waals surface area contributed by atoms with Gasteiger partial charge in [0.05, 0.1) is 5.60 Å². The van der Waals surface area contributed by atoms with Gasteiger partial charge in [-0.15, -0.1) is 12.3 Å². The van der Waals surface area contributed by atoms with Crippen LogP contribution in [0.4, 0.5) is 0 Å². The van der Waals surface area contributed by atoms with Crippen LogP contribution in [0.25, 0.3) is 0 Å². The molecular formula is C16H25NO2. The highest BCUT2D eigenvalue weighted by atomic mass is 16.3. The van der Waals surface area contributed by atoms with Gasteiger partial charge in [-0.3, -0.25) is 4.79 Å². The van der Waals surface area contributed by atoms with E-state index in [2.05, 4.69) is 5.92 Å². The molecule has 2 fully saturated rings. The van der Waals surface area contributed by atoms with Crippen LogP contribution in [-0.2, 0) is 4.79 Å². The molecule has 106 valence electrons. The van der Waals surface area contributed by atoms with Crippen LogP contribution in [0.15, 0.2) is 0 Å². The Morgan fingerprint density at radius 2 is 2.21 bits per heavy atom. The number of piperidine rings is 1. The summed E-state index contributed by atoms with van der Waals surface area (Å²) in [6.07, 6.45) is 13.5. The number of terminal acetylenes is 1. The fourth-order valence-electron chi connectivity index (χ4n) is 3.46. The van der Waals surface area contributed by atoms with Crippen molar-refractivity contribution >= 4 is 5.91 Å². The van der Waals surface area contributed by atoms with Gasteiger partial charge >= 0.3 is 0 Å². The van der Waals surface area contributed by atoms with Crippen LogP contribution in [0.2, 0.25) is 0 Å². The molecule has 0 aromatic heterocycles. The summed E-state index contributed by atoms with van der Waals surface area (Å²) in [6, 6.07) is 0. The van der Waals surface area contributed by atoms with Gasteiger partial charge in [0.1, 0.15) is 0 Å². The summed E-state index contributed by atoms with van der Waals surface area (Å²) in [5, 5.41) is 10.6. The van der Waals surface area contributed by atoms with Gasteiger partial charge in [-0.2, -0.15) is 0 Å². The average Bonchev–Trinajstić information content (AvgIpc) is 2.42. The number of hydrogen-bond donors (Lipinski definition) is 1. The highest BCUT2D eigenvalue weighted by Crippen LogP contribution is 2.39. The van der Waals surface area contributed by atoms with E-state index in [1.165, 1.54) is 6.42 Å². The van der Waals surface area contributed by atoms with Crippen molar-refractivity contribution < 1.29 is 9.90 Å². The van der Waals surface area contributed by atoms with Crippen molar-refractivity contribution in [2.24, 2.45) is 5.92 Å². The second kappa shape index (κ2) is 6.43. The Morgan fingerprint density at radius 3 is 3.00 bits per heavy atom. The summed E-state index contributed by atoms with van der Waals surface area (Å²) in [5.74, 6) is 3.14. The molecule has 1 aliphatic carbocycles. The minimum absolute atomic E-state index is 0.240. The van der Waals surface area contributed by atoms with E-state index in [9.17, 15) is 9.90 Å². The number of likely N-dealkylation sites (tertiary alicyclic amines) is 1. The number of rotatable bonds is 4. The van der Waals surface area contributed by atoms with Crippen LogP contribution < -0.4 is 0 Å². The SMILES string of the molecule is C#CCCCCC(=O)N1CCC2(O)CCCCC2C1. The number of carbonyl (C=O) groups is 1. The Labute approximate surface area is 116 Å². The quantitative estimate of drug-likeness (QED) is 0.624. The zero-order valence-electron chi connectivity index (χ0n) is 11.7. The van der Waals surface area contributed by atoms with Crippen LogP contribution in [0, 0.1) is 18.3 Å². The first-order chi connectivity index (χ1) is 9.15. The van der Waals surface area contributed by atoms with Gasteiger partial charge < -0.3 is 10.0 Å². The monoisotopic (exact) mass is 263 g/mol. The topological polar surface area (TPSA) is 40.5 Å². The van der Waals surface area contributed by atoms with Crippen molar-refractivity contribution in [2.75, 3.05) is 13.1 Å². The van der Waals surface area contributed by atoms with Crippen molar-refractivity contribution in [3.8, 4) is 12.3 Å². The molecule has 0 spiro atoms. The predicted octanol–water partition coefficient (Wildman–Crippen LogP) is 2.33. The molecule has 1 aliphatic heterocycles. The summed E-state index contributed by atoms with van der Waals surface area (Å²) in [4.78, 5) is 14.1. The lowest BCUT2D eigenvalue weighted by molar-refractivity contribution is -0.143. The lowest BCUT2D eigenvalue weighted by Crippen LogP contribution is -2.54. The van der Waals surface area contributed by atoms with E-state index in [1.807, 2.05) is 4.90 Å². The molecular weight excluding hydrogens is 238 g/mol. The van der Waals surface area contributed by atoms with Crippen LogP contribution in [0.3, 0.4) is 0 Å². The van der Waals surface area contributed by atoms with Crippen LogP contribution in [0.1, 0.15) is 57.8 Å². The number of carbonyl (C=O) groups excluding carboxylic acids is 1. The molecule has 1 heterocycles. The first kappa shape index (κ1) is 14.4. The third kappa shape index (κ3) is 3.51. The summed E-state index contributed by atoms with van der Waals surface area (Å²) in [6.45, 7) is 1.48. The van der Waals surface area contributed by atoms with Crippen molar-refractivity contribution in [1.82, 2.24) is 4.90 Å². The molecule has 0 aromatic carbocycles. The van der Waals surface area contributed by atoms with Crippen LogP contribution in [0.5, 0.6) is 0 Å². The molecule has 19 heavy (non-hydrogen) atoms. The Bertz CT molecular complexity index is 360. The maximum Gasteiger partial charge on any atom is 0.222 e. The van der Waals surface area contributed by atoms with Crippen molar-refractivity contribution in [1.29, 1.82) is 0 Å². The van der Waals surface area contributed by atoms with Crippen LogP contribution in [-0.4, -0.2) is 34.6 Å². The number of amides is 1. The number of fused-ring (bicyclic) bond motifs is 1. The highest BCUT2D eigenvalue weighted by Gasteiger charge is 2.43. The molecule has 3 nitrogen and oxygen atoms in total. The van der Waals surface area contributed by atoms with Gasteiger partial charge in [0.2, 0.25) is 5.91 Å². The lowest BCUT2D eigenvalue weighted by Gasteiger charge is -2.47. The summed E-state index contributed by atoms with van der Waals surface area (Å²) in [5.41, 5.74) is -0.488. The summed E-state index contributed by atoms with van der Waals surface area (Å²) >= 11 is 0. The molecule has 1 amide bonds. The Balaban J connectivity index is 1.80. The largest absolute Gasteiger partial charge is 0.389 e. The Kier molecular flexibility index (Phi) is 4.87. The predicted molar refractivity (Wildman–Crippen MR) is 75.4 cm³/mol. The lowest BCUT2D eigenvalue weighted by atomic mass is 9.71. The second-order valence-electron chi connectivity index (χ2n) is 6.05. The molecule has 1 saturated carbocycles. The van der Waals surface area contributed by atoms with Gasteiger partial charge in [-0.25, -0.2) is 0 Å². The van der Waals surface area contributed by atoms with Gasteiger partial charge in [0.15, 0.2) is 0 Å². The van der Waals surface area contributed by atoms with Gasteiger partial charge in [-0.1, -0.05) is 12.8 Å². The number of nitrogens with zero attached hydrogens (tertiary/aromatic N) is 1. The van der Waals surface area contributed by atoms with E-state index in [0.717, 1.165) is 58.0 Å². The van der Waals surface area contributed by atoms with Crippen molar-refractivity contribution in [3.63, 3.8) is 0 Å². The number of unbranched alkanes of at least 4 members (excludes halogenated alkanes) is 2. The third-order valence-electron chi connectivity index (χ3n) is 4.74. The number of hydrogen-bond acceptors (Lipinski definition) is 2. The van der Waals surface area contributed by atoms with E-state index in [-0.39, 0.29) is 5.91 Å². The molecule has 2 atom stereocenters. The molecule has 3 heteroatoms. The fourth-order valence-corrected chi connectivity index (χ4v) is 3.46. The molecule has 0 aromatic rings. The normalized spacial score (nSPS) is 30.5. The molecule has 2 aliphatic rings. The minimum atomic E-state index is -0.488. The molecule has 1 N–H and O–H groups in total. The van der Waals surface area contributed by atoms with E-state index in [0.29, 0.717) is 12.3 Å². The molecule has 2 rings (SSSR count). The summed E-state index contributed by atoms with van der Waals surface area (Å²) in [7, 11) is 0. The minimum Gasteiger partial charge on any atom is -0.389 e. The summed E-state index contributed by atoms with van der Waals surface area (Å²) < 4.78 is 0. The van der Waals surface area contributed by atoms with Crippen LogP contribution >= 0.6 is 0 Å². The average molecular weight is 263 g/mol. The smallest absolute Gasteiger partial charge is 0.222 e. The zero-order chi connectivity index (χ0) is 13.7. The molecule has 1 saturated heterocycles. The fraction of sp³-hybridized carbons (Fsp3) is 0.812. The Morgan fingerprint density at radius 1 is 1.37 bits per heavy atom. The molecule has 0 radical (unpaired) electrons. The van der Waals surface area contributed by atoms with Crippen molar-refractivity contribution in [3.05, 3.63) is 0 Å².